The number of H-pyrrole nitrogens is 1. The van der Waals surface area contributed by atoms with Gasteiger partial charge in [-0.2, -0.15) is 4.31 Å². The summed E-state index contributed by atoms with van der Waals surface area (Å²) >= 11 is 0. The van der Waals surface area contributed by atoms with Gasteiger partial charge in [-0.05, 0) is 0 Å². The number of aromatic amines is 1. The molecule has 0 saturated carbocycles. The van der Waals surface area contributed by atoms with Gasteiger partial charge in [0, 0.05) is 18.7 Å². The van der Waals surface area contributed by atoms with Crippen molar-refractivity contribution in [2.24, 2.45) is 0 Å². The Morgan fingerprint density at radius 2 is 1.71 bits per heavy atom. The number of aromatic nitrogens is 2. The van der Waals surface area contributed by atoms with Gasteiger partial charge in [-0.25, -0.2) is 13.9 Å². The van der Waals surface area contributed by atoms with Gasteiger partial charge in [-0.15, -0.1) is 0 Å². The number of nitrogens with one attached hydrogen (secondary N) is 1. The molecule has 10 atom stereocenters. The summed E-state index contributed by atoms with van der Waals surface area (Å²) in [6.07, 6.45) is -12.2. The molecule has 2 fully saturated rings. The minimum Gasteiger partial charge on any atom is -0.394 e. The molecule has 1 aromatic rings. The number of aliphatic hydroxyl groups is 5. The van der Waals surface area contributed by atoms with Gasteiger partial charge in [0.15, 0.2) is 12.5 Å². The summed E-state index contributed by atoms with van der Waals surface area (Å²) in [5, 5.41) is 48.7. The third kappa shape index (κ3) is 6.91. The molecule has 35 heavy (non-hydrogen) atoms. The van der Waals surface area contributed by atoms with Crippen LogP contribution in [0.1, 0.15) is 12.6 Å². The van der Waals surface area contributed by atoms with E-state index in [9.17, 15) is 48.9 Å². The van der Waals surface area contributed by atoms with Gasteiger partial charge in [-0.1, -0.05) is 0 Å². The number of ether oxygens (including phenoxy) is 2. The van der Waals surface area contributed by atoms with Crippen molar-refractivity contribution in [1.82, 2.24) is 9.55 Å². The summed E-state index contributed by atoms with van der Waals surface area (Å²) in [4.78, 5) is 44.5. The summed E-state index contributed by atoms with van der Waals surface area (Å²) in [5.41, 5.74) is -1.71. The van der Waals surface area contributed by atoms with E-state index in [0.29, 0.717) is 0 Å². The standard InChI is InChI=1S/C15H24N2O16P2/c18-4-7-11(21)6(19)3-10(30-7)32-35(27,28)33-34(25,26)29-5-8-12(22)13(23)14(31-8)17-2-1-9(20)16-15(17)24/h1-2,6-8,10-14,18-19,21-23H,3-5H2,(H,25,26)(H,27,28)(H,16,20,24)/t6-,7-,8-,10-,11+,12?,13?,14-/m1/s1. The van der Waals surface area contributed by atoms with Crippen molar-refractivity contribution in [1.29, 1.82) is 0 Å². The molecule has 200 valence electrons. The van der Waals surface area contributed by atoms with Gasteiger partial charge in [0.1, 0.15) is 30.5 Å². The van der Waals surface area contributed by atoms with E-state index in [-0.39, 0.29) is 0 Å². The largest absolute Gasteiger partial charge is 0.483 e. The molecule has 2 aliphatic heterocycles. The first-order valence-corrected chi connectivity index (χ1v) is 12.9. The Labute approximate surface area is 195 Å². The fourth-order valence-electron chi connectivity index (χ4n) is 3.35. The molecule has 0 amide bonds. The molecular weight excluding hydrogens is 526 g/mol. The van der Waals surface area contributed by atoms with E-state index in [1.165, 1.54) is 0 Å². The Morgan fingerprint density at radius 3 is 2.34 bits per heavy atom. The monoisotopic (exact) mass is 550 g/mol. The average molecular weight is 550 g/mol. The highest BCUT2D eigenvalue weighted by Gasteiger charge is 2.47. The van der Waals surface area contributed by atoms with Crippen molar-refractivity contribution in [2.75, 3.05) is 13.2 Å². The molecular formula is C15H24N2O16P2. The highest BCUT2D eigenvalue weighted by molar-refractivity contribution is 7.61. The van der Waals surface area contributed by atoms with Gasteiger partial charge in [0.2, 0.25) is 0 Å². The predicted octanol–water partition coefficient (Wildman–Crippen LogP) is -3.76. The van der Waals surface area contributed by atoms with Crippen LogP contribution >= 0.6 is 15.6 Å². The highest BCUT2D eigenvalue weighted by atomic mass is 31.3. The molecule has 4 unspecified atom stereocenters. The topological polar surface area (TPSA) is 277 Å². The van der Waals surface area contributed by atoms with Crippen molar-refractivity contribution >= 4 is 15.6 Å². The second-order valence-electron chi connectivity index (χ2n) is 7.56. The van der Waals surface area contributed by atoms with E-state index in [0.717, 1.165) is 16.8 Å². The van der Waals surface area contributed by atoms with Crippen molar-refractivity contribution < 1.29 is 67.3 Å². The molecule has 0 radical (unpaired) electrons. The first kappa shape index (κ1) is 28.2. The van der Waals surface area contributed by atoms with Crippen LogP contribution in [0.25, 0.3) is 0 Å². The first-order chi connectivity index (χ1) is 16.2. The SMILES string of the molecule is O=c1ccn([C@@H]2O[C@H](COP(=O)(O)OP(=O)(O)O[C@@H]3C[C@@H](O)[C@H](O)[C@@H](CO)O3)C(O)C2O)c(=O)[nH]1. The molecule has 2 aliphatic rings. The Kier molecular flexibility index (Phi) is 8.84. The van der Waals surface area contributed by atoms with Crippen molar-refractivity contribution in [3.63, 3.8) is 0 Å². The molecule has 0 spiro atoms. The lowest BCUT2D eigenvalue weighted by Crippen LogP contribution is -2.50. The Bertz CT molecular complexity index is 1090. The normalized spacial score (nSPS) is 37.0. The maximum Gasteiger partial charge on any atom is 0.483 e. The number of hydrogen-bond donors (Lipinski definition) is 8. The van der Waals surface area contributed by atoms with Crippen molar-refractivity contribution in [2.45, 2.75) is 55.6 Å². The quantitative estimate of drug-likeness (QED) is 0.137. The summed E-state index contributed by atoms with van der Waals surface area (Å²) in [7, 11) is -10.8. The van der Waals surface area contributed by atoms with Crippen LogP contribution in [0.3, 0.4) is 0 Å². The lowest BCUT2D eigenvalue weighted by molar-refractivity contribution is -0.233. The second-order valence-corrected chi connectivity index (χ2v) is 10.6. The minimum atomic E-state index is -5.40. The summed E-state index contributed by atoms with van der Waals surface area (Å²) in [6.45, 7) is -1.75. The van der Waals surface area contributed by atoms with E-state index in [1.807, 2.05) is 4.98 Å². The van der Waals surface area contributed by atoms with E-state index in [1.54, 1.807) is 0 Å². The van der Waals surface area contributed by atoms with Crippen molar-refractivity contribution in [3.8, 4) is 0 Å². The molecule has 2 saturated heterocycles. The fourth-order valence-corrected chi connectivity index (χ4v) is 5.50. The lowest BCUT2D eigenvalue weighted by atomic mass is 10.0. The van der Waals surface area contributed by atoms with E-state index >= 15 is 0 Å². The molecule has 1 aromatic heterocycles. The van der Waals surface area contributed by atoms with E-state index in [4.69, 9.17) is 14.6 Å². The number of aliphatic hydroxyl groups excluding tert-OH is 5. The van der Waals surface area contributed by atoms with Crippen LogP contribution in [0.15, 0.2) is 21.9 Å². The molecule has 0 aliphatic carbocycles. The summed E-state index contributed by atoms with van der Waals surface area (Å²) < 4.78 is 48.4. The maximum absolute atomic E-state index is 12.1. The molecule has 8 N–H and O–H groups in total. The Balaban J connectivity index is 1.59. The molecule has 18 nitrogen and oxygen atoms in total. The van der Waals surface area contributed by atoms with Gasteiger partial charge >= 0.3 is 21.3 Å². The summed E-state index contributed by atoms with van der Waals surface area (Å²) in [6, 6.07) is 0.945. The zero-order valence-corrected chi connectivity index (χ0v) is 19.3. The number of hydrogen-bond acceptors (Lipinski definition) is 14. The number of phosphoric acid groups is 2. The summed E-state index contributed by atoms with van der Waals surface area (Å²) in [5.74, 6) is 0. The lowest BCUT2D eigenvalue weighted by Gasteiger charge is -2.36. The van der Waals surface area contributed by atoms with E-state index in [2.05, 4.69) is 13.4 Å². The van der Waals surface area contributed by atoms with Crippen LogP contribution in [0.2, 0.25) is 0 Å². The molecule has 3 heterocycles. The first-order valence-electron chi connectivity index (χ1n) is 9.88. The van der Waals surface area contributed by atoms with Crippen LogP contribution < -0.4 is 11.2 Å². The molecule has 3 rings (SSSR count). The van der Waals surface area contributed by atoms with Gasteiger partial charge in [0.25, 0.3) is 5.56 Å². The van der Waals surface area contributed by atoms with Crippen LogP contribution in [0, 0.1) is 0 Å². The van der Waals surface area contributed by atoms with Crippen molar-refractivity contribution in [3.05, 3.63) is 33.1 Å². The number of phosphoric ester groups is 2. The minimum absolute atomic E-state index is 0.548. The third-order valence-electron chi connectivity index (χ3n) is 5.04. The smallest absolute Gasteiger partial charge is 0.394 e. The van der Waals surface area contributed by atoms with Crippen LogP contribution in [0.5, 0.6) is 0 Å². The zero-order valence-electron chi connectivity index (χ0n) is 17.5. The number of rotatable bonds is 9. The van der Waals surface area contributed by atoms with E-state index < -0.39 is 95.7 Å². The van der Waals surface area contributed by atoms with Gasteiger partial charge in [0.05, 0.1) is 19.3 Å². The average Bonchev–Trinajstić information content (AvgIpc) is 3.02. The van der Waals surface area contributed by atoms with Gasteiger partial charge in [-0.3, -0.25) is 23.4 Å². The predicted molar refractivity (Wildman–Crippen MR) is 107 cm³/mol. The maximum atomic E-state index is 12.1. The molecule has 20 heteroatoms. The number of nitrogens with zero attached hydrogens (tertiary/aromatic N) is 1. The molecule has 0 bridgehead atoms. The van der Waals surface area contributed by atoms with Gasteiger partial charge < -0.3 is 44.8 Å². The Morgan fingerprint density at radius 1 is 1.03 bits per heavy atom. The third-order valence-corrected chi connectivity index (χ3v) is 7.67. The highest BCUT2D eigenvalue weighted by Crippen LogP contribution is 2.61. The van der Waals surface area contributed by atoms with Crippen LogP contribution in [-0.2, 0) is 32.0 Å². The zero-order chi connectivity index (χ0) is 26.1. The van der Waals surface area contributed by atoms with Crippen LogP contribution in [0.4, 0.5) is 0 Å². The Hall–Kier alpha value is -1.34. The fraction of sp³-hybridized carbons (Fsp3) is 0.733. The molecule has 0 aromatic carbocycles. The second kappa shape index (κ2) is 11.0. The van der Waals surface area contributed by atoms with Crippen LogP contribution in [-0.4, -0.2) is 101 Å².